The van der Waals surface area contributed by atoms with E-state index in [2.05, 4.69) is 6.08 Å². The lowest BCUT2D eigenvalue weighted by atomic mass is 9.77. The van der Waals surface area contributed by atoms with Crippen molar-refractivity contribution in [2.75, 3.05) is 14.2 Å². The maximum Gasteiger partial charge on any atom is 0.303 e. The van der Waals surface area contributed by atoms with Gasteiger partial charge in [-0.15, -0.1) is 0 Å². The maximum absolute atomic E-state index is 11.7. The average Bonchev–Trinajstić information content (AvgIpc) is 3.06. The van der Waals surface area contributed by atoms with E-state index in [0.717, 1.165) is 22.3 Å². The fourth-order valence-electron chi connectivity index (χ4n) is 3.73. The number of carbonyl (C=O) groups excluding carboxylic acids is 1. The molecule has 0 spiro atoms. The van der Waals surface area contributed by atoms with Crippen LogP contribution in [0.5, 0.6) is 5.75 Å². The summed E-state index contributed by atoms with van der Waals surface area (Å²) in [5.74, 6) is 0.418. The number of aromatic nitrogens is 1. The van der Waals surface area contributed by atoms with Gasteiger partial charge in [-0.1, -0.05) is 11.6 Å². The van der Waals surface area contributed by atoms with Crippen LogP contribution in [0.3, 0.4) is 0 Å². The Balaban J connectivity index is 2.25. The quantitative estimate of drug-likeness (QED) is 0.595. The van der Waals surface area contributed by atoms with Crippen molar-refractivity contribution in [3.05, 3.63) is 35.2 Å². The number of allylic oxidation sites excluding steroid dienone is 1. The minimum atomic E-state index is -0.884. The zero-order valence-corrected chi connectivity index (χ0v) is 15.9. The van der Waals surface area contributed by atoms with Crippen LogP contribution in [0.15, 0.2) is 28.4 Å². The highest BCUT2D eigenvalue weighted by molar-refractivity contribution is 5.83. The molecule has 2 atom stereocenters. The number of esters is 1. The highest BCUT2D eigenvalue weighted by atomic mass is 16.6. The van der Waals surface area contributed by atoms with Crippen LogP contribution in [0.4, 0.5) is 0 Å². The average molecular weight is 359 g/mol. The number of methoxy groups -OCH3 is 2. The zero-order valence-electron chi connectivity index (χ0n) is 15.9. The molecular weight excluding hydrogens is 334 g/mol. The van der Waals surface area contributed by atoms with Crippen molar-refractivity contribution >= 4 is 17.1 Å². The molecule has 2 aromatic heterocycles. The summed E-state index contributed by atoms with van der Waals surface area (Å²) in [7, 11) is 3.27. The number of hydrogen-bond acceptors (Lipinski definition) is 6. The van der Waals surface area contributed by atoms with Gasteiger partial charge in [0.2, 0.25) is 5.71 Å². The molecule has 3 rings (SSSR count). The second-order valence-corrected chi connectivity index (χ2v) is 6.83. The van der Waals surface area contributed by atoms with Gasteiger partial charge in [0.25, 0.3) is 0 Å². The predicted molar refractivity (Wildman–Crippen MR) is 97.2 cm³/mol. The maximum atomic E-state index is 11.7. The molecule has 0 saturated heterocycles. The summed E-state index contributed by atoms with van der Waals surface area (Å²) in [6.07, 6.45) is 5.11. The first-order valence-corrected chi connectivity index (χ1v) is 8.73. The van der Waals surface area contributed by atoms with Gasteiger partial charge in [0.15, 0.2) is 5.60 Å². The Morgan fingerprint density at radius 2 is 2.15 bits per heavy atom. The summed E-state index contributed by atoms with van der Waals surface area (Å²) in [5, 5.41) is 0.837. The summed E-state index contributed by atoms with van der Waals surface area (Å²) in [6, 6.07) is 1.85. The van der Waals surface area contributed by atoms with Crippen molar-refractivity contribution < 1.29 is 23.4 Å². The molecule has 6 nitrogen and oxygen atoms in total. The van der Waals surface area contributed by atoms with Crippen molar-refractivity contribution in [3.8, 4) is 5.75 Å². The van der Waals surface area contributed by atoms with Crippen LogP contribution in [0.2, 0.25) is 0 Å². The van der Waals surface area contributed by atoms with Crippen LogP contribution in [-0.2, 0) is 26.3 Å². The van der Waals surface area contributed by atoms with Gasteiger partial charge in [-0.25, -0.2) is 4.98 Å². The Morgan fingerprint density at radius 1 is 1.38 bits per heavy atom. The van der Waals surface area contributed by atoms with Gasteiger partial charge in [-0.3, -0.25) is 4.79 Å². The third-order valence-corrected chi connectivity index (χ3v) is 4.93. The van der Waals surface area contributed by atoms with E-state index in [9.17, 15) is 4.79 Å². The normalized spacial score (nSPS) is 22.0. The zero-order chi connectivity index (χ0) is 18.9. The molecule has 26 heavy (non-hydrogen) atoms. The molecule has 0 unspecified atom stereocenters. The number of rotatable bonds is 5. The third kappa shape index (κ3) is 2.98. The molecule has 0 fully saturated rings. The van der Waals surface area contributed by atoms with E-state index >= 15 is 0 Å². The molecule has 1 aliphatic rings. The van der Waals surface area contributed by atoms with Crippen LogP contribution < -0.4 is 4.74 Å². The largest absolute Gasteiger partial charge is 0.496 e. The van der Waals surface area contributed by atoms with E-state index in [-0.39, 0.29) is 5.97 Å². The fraction of sp³-hybridized carbons (Fsp3) is 0.500. The Bertz CT molecular complexity index is 849. The van der Waals surface area contributed by atoms with Crippen LogP contribution in [0.1, 0.15) is 44.9 Å². The highest BCUT2D eigenvalue weighted by Crippen LogP contribution is 2.46. The molecule has 2 heterocycles. The number of fused-ring (bicyclic) bond motifs is 2. The second-order valence-electron chi connectivity index (χ2n) is 6.83. The van der Waals surface area contributed by atoms with Crippen molar-refractivity contribution in [3.63, 3.8) is 0 Å². The summed E-state index contributed by atoms with van der Waals surface area (Å²) < 4.78 is 22.9. The summed E-state index contributed by atoms with van der Waals surface area (Å²) >= 11 is 0. The van der Waals surface area contributed by atoms with E-state index in [1.807, 2.05) is 19.9 Å². The summed E-state index contributed by atoms with van der Waals surface area (Å²) in [6.45, 7) is 5.47. The van der Waals surface area contributed by atoms with Crippen molar-refractivity contribution in [2.45, 2.75) is 51.7 Å². The lowest BCUT2D eigenvalue weighted by Crippen LogP contribution is -2.48. The lowest BCUT2D eigenvalue weighted by Gasteiger charge is -2.42. The van der Waals surface area contributed by atoms with E-state index in [0.29, 0.717) is 30.7 Å². The topological polar surface area (TPSA) is 70.8 Å². The Morgan fingerprint density at radius 3 is 2.77 bits per heavy atom. The van der Waals surface area contributed by atoms with Crippen molar-refractivity contribution in [1.82, 2.24) is 4.98 Å². The predicted octanol–water partition coefficient (Wildman–Crippen LogP) is 3.91. The summed E-state index contributed by atoms with van der Waals surface area (Å²) in [5.41, 5.74) is 2.46. The first kappa shape index (κ1) is 18.5. The highest BCUT2D eigenvalue weighted by Gasteiger charge is 2.49. The van der Waals surface area contributed by atoms with E-state index in [1.54, 1.807) is 20.5 Å². The van der Waals surface area contributed by atoms with Crippen molar-refractivity contribution in [2.24, 2.45) is 0 Å². The number of nitrogens with zero attached hydrogens (tertiary/aromatic N) is 1. The Labute approximate surface area is 153 Å². The molecule has 0 aromatic carbocycles. The van der Waals surface area contributed by atoms with Crippen LogP contribution in [0.25, 0.3) is 11.1 Å². The SMILES string of the molecule is COc1c2c(nc3occc13)[C@@](CC=C(C)C)(OC)[C@H](OC(C)=O)CC2. The fourth-order valence-corrected chi connectivity index (χ4v) is 3.73. The van der Waals surface area contributed by atoms with Gasteiger partial charge < -0.3 is 18.6 Å². The minimum absolute atomic E-state index is 0.330. The van der Waals surface area contributed by atoms with Gasteiger partial charge in [0, 0.05) is 26.0 Å². The molecule has 1 aliphatic carbocycles. The van der Waals surface area contributed by atoms with E-state index < -0.39 is 11.7 Å². The molecule has 0 bridgehead atoms. The van der Waals surface area contributed by atoms with E-state index in [1.165, 1.54) is 6.92 Å². The van der Waals surface area contributed by atoms with Crippen LogP contribution >= 0.6 is 0 Å². The first-order valence-electron chi connectivity index (χ1n) is 8.73. The minimum Gasteiger partial charge on any atom is -0.496 e. The second kappa shape index (κ2) is 7.11. The lowest BCUT2D eigenvalue weighted by molar-refractivity contribution is -0.173. The van der Waals surface area contributed by atoms with Gasteiger partial charge >= 0.3 is 5.97 Å². The van der Waals surface area contributed by atoms with Crippen LogP contribution in [0, 0.1) is 0 Å². The number of furan rings is 1. The molecule has 0 amide bonds. The third-order valence-electron chi connectivity index (χ3n) is 4.93. The first-order chi connectivity index (χ1) is 12.4. The van der Waals surface area contributed by atoms with Crippen molar-refractivity contribution in [1.29, 1.82) is 0 Å². The molecule has 6 heteroatoms. The monoisotopic (exact) mass is 359 g/mol. The van der Waals surface area contributed by atoms with Gasteiger partial charge in [-0.05, 0) is 32.8 Å². The molecule has 0 radical (unpaired) electrons. The molecule has 0 N–H and O–H groups in total. The van der Waals surface area contributed by atoms with E-state index in [4.69, 9.17) is 23.6 Å². The molecule has 0 aliphatic heterocycles. The number of hydrogen-bond donors (Lipinski definition) is 0. The standard InChI is InChI=1S/C20H25NO5/c1-12(2)8-10-20(24-5)16(26-13(3)22)7-6-14-17(23-4)15-9-11-25-19(15)21-18(14)20/h8-9,11,16H,6-7,10H2,1-5H3/t16-,20+/m1/s1. The van der Waals surface area contributed by atoms with Gasteiger partial charge in [0.1, 0.15) is 11.9 Å². The molecule has 140 valence electrons. The smallest absolute Gasteiger partial charge is 0.303 e. The van der Waals surface area contributed by atoms with Crippen LogP contribution in [-0.4, -0.2) is 31.3 Å². The Kier molecular flexibility index (Phi) is 5.05. The number of carbonyl (C=O) groups is 1. The number of pyridine rings is 1. The van der Waals surface area contributed by atoms with Gasteiger partial charge in [-0.2, -0.15) is 0 Å². The van der Waals surface area contributed by atoms with Gasteiger partial charge in [0.05, 0.1) is 24.5 Å². The number of ether oxygens (including phenoxy) is 3. The summed E-state index contributed by atoms with van der Waals surface area (Å²) in [4.78, 5) is 16.5. The molecular formula is C20H25NO5. The molecule has 2 aromatic rings. The molecule has 0 saturated carbocycles. The Hall–Kier alpha value is -2.34.